The molecule has 2 N–H and O–H groups in total. The minimum Gasteiger partial charge on any atom is -0.384 e. The number of aromatic nitrogens is 2. The number of anilines is 1. The molecule has 102 valence electrons. The second-order valence-corrected chi connectivity index (χ2v) is 5.00. The van der Waals surface area contributed by atoms with Gasteiger partial charge in [-0.1, -0.05) is 56.5 Å². The number of benzene rings is 1. The van der Waals surface area contributed by atoms with Crippen LogP contribution in [0, 0.1) is 0 Å². The summed E-state index contributed by atoms with van der Waals surface area (Å²) in [5.74, 6) is 1.76. The van der Waals surface area contributed by atoms with Crippen LogP contribution in [0.25, 0.3) is 11.4 Å². The molecule has 0 fully saturated rings. The molecule has 2 aromatic rings. The Morgan fingerprint density at radius 2 is 1.84 bits per heavy atom. The highest BCUT2D eigenvalue weighted by Gasteiger charge is 2.12. The van der Waals surface area contributed by atoms with Gasteiger partial charge < -0.3 is 10.3 Å². The van der Waals surface area contributed by atoms with Gasteiger partial charge in [0.15, 0.2) is 0 Å². The quantitative estimate of drug-likeness (QED) is 0.800. The molecule has 3 nitrogen and oxygen atoms in total. The van der Waals surface area contributed by atoms with Gasteiger partial charge in [0.05, 0.1) is 5.69 Å². The fraction of sp³-hybridized carbons (Fsp3) is 0.438. The Morgan fingerprint density at radius 3 is 2.53 bits per heavy atom. The first-order chi connectivity index (χ1) is 9.24. The first kappa shape index (κ1) is 13.7. The second kappa shape index (κ2) is 6.41. The Hall–Kier alpha value is -1.77. The number of aryl methyl sites for hydroxylation is 1. The van der Waals surface area contributed by atoms with Crippen LogP contribution in [0.4, 0.5) is 5.82 Å². The highest BCUT2D eigenvalue weighted by molar-refractivity contribution is 5.60. The molecule has 0 saturated carbocycles. The predicted octanol–water partition coefficient (Wildman–Crippen LogP) is 3.79. The third-order valence-corrected chi connectivity index (χ3v) is 3.51. The Kier molecular flexibility index (Phi) is 4.61. The van der Waals surface area contributed by atoms with E-state index in [0.29, 0.717) is 0 Å². The predicted molar refractivity (Wildman–Crippen MR) is 80.9 cm³/mol. The van der Waals surface area contributed by atoms with Crippen LogP contribution in [-0.4, -0.2) is 9.55 Å². The van der Waals surface area contributed by atoms with Crippen LogP contribution in [-0.2, 0) is 13.5 Å². The Balaban J connectivity index is 2.14. The summed E-state index contributed by atoms with van der Waals surface area (Å²) in [7, 11) is 1.99. The van der Waals surface area contributed by atoms with Crippen LogP contribution >= 0.6 is 0 Å². The molecular formula is C16H23N3. The lowest BCUT2D eigenvalue weighted by molar-refractivity contribution is 0.662. The van der Waals surface area contributed by atoms with Crippen molar-refractivity contribution in [2.24, 2.45) is 7.05 Å². The van der Waals surface area contributed by atoms with E-state index in [-0.39, 0.29) is 0 Å². The molecular weight excluding hydrogens is 234 g/mol. The monoisotopic (exact) mass is 257 g/mol. The number of nitrogens with two attached hydrogens (primary N) is 1. The molecule has 3 heteroatoms. The van der Waals surface area contributed by atoms with Crippen molar-refractivity contribution in [1.29, 1.82) is 0 Å². The molecule has 0 aliphatic rings. The lowest BCUT2D eigenvalue weighted by atomic mass is 10.1. The molecule has 0 amide bonds. The van der Waals surface area contributed by atoms with E-state index in [0.717, 1.165) is 29.3 Å². The van der Waals surface area contributed by atoms with Crippen molar-refractivity contribution in [1.82, 2.24) is 9.55 Å². The number of hydrogen-bond acceptors (Lipinski definition) is 2. The van der Waals surface area contributed by atoms with E-state index in [9.17, 15) is 0 Å². The molecule has 1 aromatic heterocycles. The number of imidazole rings is 1. The van der Waals surface area contributed by atoms with E-state index < -0.39 is 0 Å². The lowest BCUT2D eigenvalue weighted by Crippen LogP contribution is -2.00. The topological polar surface area (TPSA) is 43.8 Å². The Morgan fingerprint density at radius 1 is 1.11 bits per heavy atom. The van der Waals surface area contributed by atoms with Gasteiger partial charge in [-0.05, 0) is 12.8 Å². The smallest absolute Gasteiger partial charge is 0.141 e. The van der Waals surface area contributed by atoms with E-state index in [1.807, 2.05) is 29.8 Å². The highest BCUT2D eigenvalue weighted by Crippen LogP contribution is 2.24. The zero-order chi connectivity index (χ0) is 13.7. The standard InChI is InChI=1S/C16H23N3/c1-3-4-5-9-12-14-15(17)19(2)16(18-14)13-10-7-6-8-11-13/h6-8,10-11H,3-5,9,12,17H2,1-2H3. The largest absolute Gasteiger partial charge is 0.384 e. The Bertz CT molecular complexity index is 514. The zero-order valence-corrected chi connectivity index (χ0v) is 11.9. The summed E-state index contributed by atoms with van der Waals surface area (Å²) < 4.78 is 1.99. The average Bonchev–Trinajstić information content (AvgIpc) is 2.73. The maximum absolute atomic E-state index is 6.16. The molecule has 0 unspecified atom stereocenters. The van der Waals surface area contributed by atoms with Crippen LogP contribution in [0.5, 0.6) is 0 Å². The van der Waals surface area contributed by atoms with Crippen LogP contribution in [0.1, 0.15) is 38.3 Å². The van der Waals surface area contributed by atoms with Crippen molar-refractivity contribution < 1.29 is 0 Å². The zero-order valence-electron chi connectivity index (χ0n) is 11.9. The maximum atomic E-state index is 6.16. The number of nitrogen functional groups attached to an aromatic ring is 1. The van der Waals surface area contributed by atoms with Crippen molar-refractivity contribution >= 4 is 5.82 Å². The van der Waals surface area contributed by atoms with Gasteiger partial charge >= 0.3 is 0 Å². The second-order valence-electron chi connectivity index (χ2n) is 5.00. The fourth-order valence-corrected chi connectivity index (χ4v) is 2.32. The van der Waals surface area contributed by atoms with Crippen LogP contribution in [0.2, 0.25) is 0 Å². The summed E-state index contributed by atoms with van der Waals surface area (Å²) >= 11 is 0. The molecule has 0 saturated heterocycles. The van der Waals surface area contributed by atoms with Gasteiger partial charge in [0, 0.05) is 12.6 Å². The number of nitrogens with zero attached hydrogens (tertiary/aromatic N) is 2. The van der Waals surface area contributed by atoms with E-state index in [1.165, 1.54) is 25.7 Å². The van der Waals surface area contributed by atoms with Gasteiger partial charge in [-0.3, -0.25) is 0 Å². The van der Waals surface area contributed by atoms with E-state index in [4.69, 9.17) is 10.7 Å². The summed E-state index contributed by atoms with van der Waals surface area (Å²) in [6.07, 6.45) is 5.95. The Labute approximate surface area is 115 Å². The van der Waals surface area contributed by atoms with Crippen molar-refractivity contribution in [3.63, 3.8) is 0 Å². The van der Waals surface area contributed by atoms with Gasteiger partial charge in [0.1, 0.15) is 11.6 Å². The van der Waals surface area contributed by atoms with Crippen molar-refractivity contribution in [3.05, 3.63) is 36.0 Å². The SMILES string of the molecule is CCCCCCc1nc(-c2ccccc2)n(C)c1N. The van der Waals surface area contributed by atoms with Crippen LogP contribution < -0.4 is 5.73 Å². The van der Waals surface area contributed by atoms with E-state index in [2.05, 4.69) is 19.1 Å². The van der Waals surface area contributed by atoms with Gasteiger partial charge in [-0.25, -0.2) is 4.98 Å². The van der Waals surface area contributed by atoms with Gasteiger partial charge in [0.25, 0.3) is 0 Å². The van der Waals surface area contributed by atoms with E-state index in [1.54, 1.807) is 0 Å². The maximum Gasteiger partial charge on any atom is 0.141 e. The molecule has 0 spiro atoms. The fourth-order valence-electron chi connectivity index (χ4n) is 2.32. The van der Waals surface area contributed by atoms with Crippen LogP contribution in [0.3, 0.4) is 0 Å². The number of hydrogen-bond donors (Lipinski definition) is 1. The van der Waals surface area contributed by atoms with E-state index >= 15 is 0 Å². The molecule has 1 aromatic carbocycles. The number of unbranched alkanes of at least 4 members (excludes halogenated alkanes) is 3. The summed E-state index contributed by atoms with van der Waals surface area (Å²) in [6.45, 7) is 2.22. The summed E-state index contributed by atoms with van der Waals surface area (Å²) in [5.41, 5.74) is 8.32. The molecule has 0 atom stereocenters. The van der Waals surface area contributed by atoms with Gasteiger partial charge in [0.2, 0.25) is 0 Å². The molecule has 1 heterocycles. The van der Waals surface area contributed by atoms with Gasteiger partial charge in [-0.2, -0.15) is 0 Å². The van der Waals surface area contributed by atoms with Crippen molar-refractivity contribution in [3.8, 4) is 11.4 Å². The average molecular weight is 257 g/mol. The minimum atomic E-state index is 0.801. The van der Waals surface area contributed by atoms with Crippen LogP contribution in [0.15, 0.2) is 30.3 Å². The van der Waals surface area contributed by atoms with Gasteiger partial charge in [-0.15, -0.1) is 0 Å². The molecule has 2 rings (SSSR count). The molecule has 0 aliphatic carbocycles. The first-order valence-corrected chi connectivity index (χ1v) is 7.10. The summed E-state index contributed by atoms with van der Waals surface area (Å²) in [6, 6.07) is 10.2. The number of rotatable bonds is 6. The van der Waals surface area contributed by atoms with Crippen molar-refractivity contribution in [2.75, 3.05) is 5.73 Å². The van der Waals surface area contributed by atoms with Crippen molar-refractivity contribution in [2.45, 2.75) is 39.0 Å². The third kappa shape index (κ3) is 3.16. The normalized spacial score (nSPS) is 10.8. The molecule has 19 heavy (non-hydrogen) atoms. The molecule has 0 aliphatic heterocycles. The minimum absolute atomic E-state index is 0.801. The summed E-state index contributed by atoms with van der Waals surface area (Å²) in [4.78, 5) is 4.72. The summed E-state index contributed by atoms with van der Waals surface area (Å²) in [5, 5.41) is 0. The third-order valence-electron chi connectivity index (χ3n) is 3.51. The first-order valence-electron chi connectivity index (χ1n) is 7.10. The molecule has 0 bridgehead atoms. The lowest BCUT2D eigenvalue weighted by Gasteiger charge is -2.02. The highest BCUT2D eigenvalue weighted by atomic mass is 15.1. The molecule has 0 radical (unpaired) electrons.